The first-order valence-electron chi connectivity index (χ1n) is 5.36. The van der Waals surface area contributed by atoms with Gasteiger partial charge in [0, 0.05) is 12.6 Å². The molecule has 0 radical (unpaired) electrons. The Bertz CT molecular complexity index is 510. The van der Waals surface area contributed by atoms with Crippen molar-refractivity contribution in [2.45, 2.75) is 24.1 Å². The van der Waals surface area contributed by atoms with Crippen molar-refractivity contribution >= 4 is 38.6 Å². The van der Waals surface area contributed by atoms with E-state index in [4.69, 9.17) is 22.7 Å². The van der Waals surface area contributed by atoms with Crippen LogP contribution in [0, 0.1) is 0 Å². The molecule has 0 spiro atoms. The minimum Gasteiger partial charge on any atom is -0.389 e. The Balaban J connectivity index is 2.76. The van der Waals surface area contributed by atoms with Crippen molar-refractivity contribution in [1.82, 2.24) is 4.72 Å². The van der Waals surface area contributed by atoms with Gasteiger partial charge in [0.2, 0.25) is 10.0 Å². The van der Waals surface area contributed by atoms with Gasteiger partial charge in [0.05, 0.1) is 11.5 Å². The molecule has 0 saturated heterocycles. The van der Waals surface area contributed by atoms with Crippen LogP contribution in [-0.4, -0.2) is 32.7 Å². The SMILES string of the molecule is CCOCC(C)NS(=O)(=O)c1ccc(C(N)=S)s1. The zero-order valence-electron chi connectivity index (χ0n) is 10.2. The van der Waals surface area contributed by atoms with Gasteiger partial charge in [0.1, 0.15) is 9.20 Å². The van der Waals surface area contributed by atoms with Gasteiger partial charge < -0.3 is 10.5 Å². The fourth-order valence-corrected chi connectivity index (χ4v) is 3.84. The van der Waals surface area contributed by atoms with Crippen molar-refractivity contribution in [1.29, 1.82) is 0 Å². The minimum atomic E-state index is -3.53. The van der Waals surface area contributed by atoms with Gasteiger partial charge in [-0.1, -0.05) is 12.2 Å². The maximum absolute atomic E-state index is 12.0. The van der Waals surface area contributed by atoms with Gasteiger partial charge >= 0.3 is 0 Å². The van der Waals surface area contributed by atoms with Gasteiger partial charge in [-0.2, -0.15) is 0 Å². The quantitative estimate of drug-likeness (QED) is 0.737. The molecule has 1 atom stereocenters. The van der Waals surface area contributed by atoms with Gasteiger partial charge in [0.25, 0.3) is 0 Å². The van der Waals surface area contributed by atoms with Crippen LogP contribution >= 0.6 is 23.6 Å². The Morgan fingerprint density at radius 2 is 2.28 bits per heavy atom. The second-order valence-corrected chi connectivity index (χ2v) is 7.13. The van der Waals surface area contributed by atoms with Crippen molar-refractivity contribution in [3.63, 3.8) is 0 Å². The van der Waals surface area contributed by atoms with Crippen LogP contribution < -0.4 is 10.5 Å². The highest BCUT2D eigenvalue weighted by molar-refractivity contribution is 7.91. The summed E-state index contributed by atoms with van der Waals surface area (Å²) >= 11 is 5.85. The molecule has 18 heavy (non-hydrogen) atoms. The second-order valence-electron chi connectivity index (χ2n) is 3.66. The lowest BCUT2D eigenvalue weighted by atomic mass is 10.4. The molecular formula is C10H16N2O3S3. The standard InChI is InChI=1S/C10H16N2O3S3/c1-3-15-6-7(2)12-18(13,14)9-5-4-8(17-9)10(11)16/h4-5,7,12H,3,6H2,1-2H3,(H2,11,16). The number of ether oxygens (including phenoxy) is 1. The van der Waals surface area contributed by atoms with Crippen LogP contribution in [0.15, 0.2) is 16.3 Å². The number of thiophene rings is 1. The van der Waals surface area contributed by atoms with Crippen molar-refractivity contribution < 1.29 is 13.2 Å². The summed E-state index contributed by atoms with van der Waals surface area (Å²) in [6.45, 7) is 4.49. The van der Waals surface area contributed by atoms with E-state index in [-0.39, 0.29) is 15.2 Å². The topological polar surface area (TPSA) is 81.4 Å². The lowest BCUT2D eigenvalue weighted by molar-refractivity contribution is 0.133. The average Bonchev–Trinajstić information content (AvgIpc) is 2.75. The molecular weight excluding hydrogens is 292 g/mol. The van der Waals surface area contributed by atoms with Crippen molar-refractivity contribution in [3.8, 4) is 0 Å². The first-order chi connectivity index (χ1) is 8.36. The second kappa shape index (κ2) is 6.58. The van der Waals surface area contributed by atoms with E-state index in [1.54, 1.807) is 13.0 Å². The van der Waals surface area contributed by atoms with E-state index in [2.05, 4.69) is 4.72 Å². The van der Waals surface area contributed by atoms with Crippen LogP contribution in [0.2, 0.25) is 0 Å². The summed E-state index contributed by atoms with van der Waals surface area (Å²) in [5, 5.41) is 0. The summed E-state index contributed by atoms with van der Waals surface area (Å²) in [5.74, 6) is 0. The highest BCUT2D eigenvalue weighted by Crippen LogP contribution is 2.21. The van der Waals surface area contributed by atoms with E-state index in [1.165, 1.54) is 6.07 Å². The molecule has 1 aromatic heterocycles. The fourth-order valence-electron chi connectivity index (χ4n) is 1.25. The Morgan fingerprint density at radius 1 is 1.61 bits per heavy atom. The average molecular weight is 308 g/mol. The van der Waals surface area contributed by atoms with Crippen molar-refractivity contribution in [3.05, 3.63) is 17.0 Å². The Morgan fingerprint density at radius 3 is 2.78 bits per heavy atom. The third kappa shape index (κ3) is 4.29. The van der Waals surface area contributed by atoms with Gasteiger partial charge in [0.15, 0.2) is 0 Å². The van der Waals surface area contributed by atoms with Crippen LogP contribution in [-0.2, 0) is 14.8 Å². The summed E-state index contributed by atoms with van der Waals surface area (Å²) in [6, 6.07) is 2.81. The lowest BCUT2D eigenvalue weighted by Gasteiger charge is -2.12. The number of hydrogen-bond acceptors (Lipinski definition) is 5. The van der Waals surface area contributed by atoms with E-state index in [9.17, 15) is 8.42 Å². The smallest absolute Gasteiger partial charge is 0.250 e. The molecule has 1 unspecified atom stereocenters. The normalized spacial score (nSPS) is 13.4. The molecule has 8 heteroatoms. The van der Waals surface area contributed by atoms with Crippen LogP contribution in [0.4, 0.5) is 0 Å². The largest absolute Gasteiger partial charge is 0.389 e. The molecule has 102 valence electrons. The predicted octanol–water partition coefficient (Wildman–Crippen LogP) is 1.09. The van der Waals surface area contributed by atoms with Crippen LogP contribution in [0.25, 0.3) is 0 Å². The molecule has 0 aliphatic carbocycles. The summed E-state index contributed by atoms with van der Waals surface area (Å²) in [7, 11) is -3.53. The van der Waals surface area contributed by atoms with E-state index < -0.39 is 10.0 Å². The highest BCUT2D eigenvalue weighted by atomic mass is 32.2. The summed E-state index contributed by atoms with van der Waals surface area (Å²) in [6.07, 6.45) is 0. The number of hydrogen-bond donors (Lipinski definition) is 2. The number of nitrogens with one attached hydrogen (secondary N) is 1. The third-order valence-corrected chi connectivity index (χ3v) is 5.57. The molecule has 1 heterocycles. The van der Waals surface area contributed by atoms with Gasteiger partial charge in [-0.3, -0.25) is 0 Å². The third-order valence-electron chi connectivity index (χ3n) is 2.02. The molecule has 0 aliphatic rings. The Labute approximate surface area is 116 Å². The maximum Gasteiger partial charge on any atom is 0.250 e. The van der Waals surface area contributed by atoms with Gasteiger partial charge in [-0.05, 0) is 26.0 Å². The van der Waals surface area contributed by atoms with E-state index >= 15 is 0 Å². The van der Waals surface area contributed by atoms with Crippen LogP contribution in [0.1, 0.15) is 18.7 Å². The van der Waals surface area contributed by atoms with E-state index in [0.717, 1.165) is 11.3 Å². The van der Waals surface area contributed by atoms with Crippen LogP contribution in [0.5, 0.6) is 0 Å². The van der Waals surface area contributed by atoms with E-state index in [0.29, 0.717) is 18.1 Å². The number of rotatable bonds is 7. The summed E-state index contributed by atoms with van der Waals surface area (Å²) in [5.41, 5.74) is 5.44. The van der Waals surface area contributed by atoms with Crippen molar-refractivity contribution in [2.24, 2.45) is 5.73 Å². The molecule has 0 bridgehead atoms. The first-order valence-corrected chi connectivity index (χ1v) is 8.07. The van der Waals surface area contributed by atoms with Crippen LogP contribution in [0.3, 0.4) is 0 Å². The van der Waals surface area contributed by atoms with Gasteiger partial charge in [-0.15, -0.1) is 11.3 Å². The molecule has 3 N–H and O–H groups in total. The lowest BCUT2D eigenvalue weighted by Crippen LogP contribution is -2.35. The molecule has 0 saturated carbocycles. The predicted molar refractivity (Wildman–Crippen MR) is 76.5 cm³/mol. The Hall–Kier alpha value is -0.540. The molecule has 1 rings (SSSR count). The first kappa shape index (κ1) is 15.5. The monoisotopic (exact) mass is 308 g/mol. The number of thiocarbonyl (C=S) groups is 1. The molecule has 0 aromatic carbocycles. The zero-order chi connectivity index (χ0) is 13.8. The fraction of sp³-hybridized carbons (Fsp3) is 0.500. The highest BCUT2D eigenvalue weighted by Gasteiger charge is 2.20. The zero-order valence-corrected chi connectivity index (χ0v) is 12.6. The molecule has 5 nitrogen and oxygen atoms in total. The summed E-state index contributed by atoms with van der Waals surface area (Å²) in [4.78, 5) is 0.784. The number of sulfonamides is 1. The maximum atomic E-state index is 12.0. The van der Waals surface area contributed by atoms with Gasteiger partial charge in [-0.25, -0.2) is 13.1 Å². The molecule has 0 amide bonds. The van der Waals surface area contributed by atoms with E-state index in [1.807, 2.05) is 6.92 Å². The summed E-state index contributed by atoms with van der Waals surface area (Å²) < 4.78 is 31.9. The van der Waals surface area contributed by atoms with Crippen molar-refractivity contribution in [2.75, 3.05) is 13.2 Å². The molecule has 0 fully saturated rings. The minimum absolute atomic E-state index is 0.198. The molecule has 0 aliphatic heterocycles. The Kier molecular flexibility index (Phi) is 5.67. The number of nitrogens with two attached hydrogens (primary N) is 1. The molecule has 1 aromatic rings.